The first-order chi connectivity index (χ1) is 12.7. The van der Waals surface area contributed by atoms with E-state index in [0.29, 0.717) is 23.4 Å². The molecule has 0 unspecified atom stereocenters. The second kappa shape index (κ2) is 6.97. The molecule has 1 fully saturated rings. The topological polar surface area (TPSA) is 68.3 Å². The number of hydrogen-bond acceptors (Lipinski definition) is 5. The van der Waals surface area contributed by atoms with E-state index in [-0.39, 0.29) is 6.61 Å². The van der Waals surface area contributed by atoms with Crippen molar-refractivity contribution in [3.63, 3.8) is 0 Å². The Balaban J connectivity index is 1.65. The van der Waals surface area contributed by atoms with E-state index in [4.69, 9.17) is 5.11 Å². The van der Waals surface area contributed by atoms with Gasteiger partial charge in [-0.15, -0.1) is 0 Å². The average molecular weight is 359 g/mol. The van der Waals surface area contributed by atoms with Crippen LogP contribution in [0.15, 0.2) is 30.5 Å². The molecule has 0 radical (unpaired) electrons. The number of halogens is 2. The lowest BCUT2D eigenvalue weighted by Crippen LogP contribution is -2.47. The van der Waals surface area contributed by atoms with E-state index in [0.717, 1.165) is 49.6 Å². The van der Waals surface area contributed by atoms with Crippen LogP contribution in [0.25, 0.3) is 22.4 Å². The summed E-state index contributed by atoms with van der Waals surface area (Å²) in [6.45, 7) is 4.11. The third kappa shape index (κ3) is 3.13. The van der Waals surface area contributed by atoms with Gasteiger partial charge in [0.1, 0.15) is 11.3 Å². The number of fused-ring (bicyclic) bond motifs is 1. The van der Waals surface area contributed by atoms with E-state index in [1.807, 2.05) is 6.07 Å². The largest absolute Gasteiger partial charge is 0.395 e. The maximum absolute atomic E-state index is 13.5. The van der Waals surface area contributed by atoms with E-state index in [9.17, 15) is 8.78 Å². The number of aromatic amines is 1. The van der Waals surface area contributed by atoms with Crippen molar-refractivity contribution in [1.82, 2.24) is 19.9 Å². The molecule has 0 spiro atoms. The molecule has 136 valence electrons. The molecule has 8 heteroatoms. The molecule has 26 heavy (non-hydrogen) atoms. The van der Waals surface area contributed by atoms with Crippen LogP contribution >= 0.6 is 0 Å². The highest BCUT2D eigenvalue weighted by molar-refractivity contribution is 5.88. The zero-order valence-corrected chi connectivity index (χ0v) is 14.1. The highest BCUT2D eigenvalue weighted by atomic mass is 19.2. The van der Waals surface area contributed by atoms with Crippen LogP contribution in [0, 0.1) is 11.6 Å². The molecule has 3 aromatic rings. The number of nitrogens with one attached hydrogen (secondary N) is 1. The lowest BCUT2D eigenvalue weighted by Gasteiger charge is -2.35. The second-order valence-electron chi connectivity index (χ2n) is 6.30. The van der Waals surface area contributed by atoms with Crippen molar-refractivity contribution in [3.8, 4) is 11.4 Å². The van der Waals surface area contributed by atoms with Gasteiger partial charge < -0.3 is 15.0 Å². The molecule has 3 heterocycles. The summed E-state index contributed by atoms with van der Waals surface area (Å²) in [5.74, 6) is -0.530. The SMILES string of the molecule is OCCN1CCN(c2nccc3[nH]c(-c4ccc(F)c(F)c4)nc23)CC1. The van der Waals surface area contributed by atoms with Gasteiger partial charge in [-0.25, -0.2) is 18.7 Å². The molecular weight excluding hydrogens is 340 g/mol. The summed E-state index contributed by atoms with van der Waals surface area (Å²) in [4.78, 5) is 16.6. The minimum atomic E-state index is -0.902. The number of H-pyrrole nitrogens is 1. The molecule has 2 N–H and O–H groups in total. The Hall–Kier alpha value is -2.58. The number of pyridine rings is 1. The van der Waals surface area contributed by atoms with E-state index in [1.54, 1.807) is 6.20 Å². The number of rotatable bonds is 4. The zero-order valence-electron chi connectivity index (χ0n) is 14.1. The van der Waals surface area contributed by atoms with Crippen molar-refractivity contribution in [2.75, 3.05) is 44.2 Å². The minimum absolute atomic E-state index is 0.158. The predicted octanol–water partition coefficient (Wildman–Crippen LogP) is 2.02. The molecule has 2 aromatic heterocycles. The molecule has 4 rings (SSSR count). The van der Waals surface area contributed by atoms with Crippen molar-refractivity contribution in [1.29, 1.82) is 0 Å². The van der Waals surface area contributed by atoms with Crippen LogP contribution in [0.4, 0.5) is 14.6 Å². The summed E-state index contributed by atoms with van der Waals surface area (Å²) < 4.78 is 26.7. The molecule has 0 amide bonds. The van der Waals surface area contributed by atoms with E-state index in [1.165, 1.54) is 6.07 Å². The zero-order chi connectivity index (χ0) is 18.1. The smallest absolute Gasteiger partial charge is 0.159 e. The number of imidazole rings is 1. The quantitative estimate of drug-likeness (QED) is 0.746. The summed E-state index contributed by atoms with van der Waals surface area (Å²) in [5, 5.41) is 9.06. The Morgan fingerprint density at radius 3 is 2.62 bits per heavy atom. The Bertz CT molecular complexity index is 921. The van der Waals surface area contributed by atoms with Crippen LogP contribution in [0.3, 0.4) is 0 Å². The number of aliphatic hydroxyl groups is 1. The van der Waals surface area contributed by atoms with Gasteiger partial charge in [-0.2, -0.15) is 0 Å². The molecule has 0 bridgehead atoms. The number of piperazine rings is 1. The van der Waals surface area contributed by atoms with Crippen LogP contribution < -0.4 is 4.90 Å². The van der Waals surface area contributed by atoms with Gasteiger partial charge in [0.15, 0.2) is 17.5 Å². The lowest BCUT2D eigenvalue weighted by molar-refractivity contribution is 0.188. The Kier molecular flexibility index (Phi) is 4.52. The number of hydrogen-bond donors (Lipinski definition) is 2. The molecule has 0 atom stereocenters. The summed E-state index contributed by atoms with van der Waals surface area (Å²) >= 11 is 0. The number of benzene rings is 1. The van der Waals surface area contributed by atoms with E-state index < -0.39 is 11.6 Å². The fourth-order valence-electron chi connectivity index (χ4n) is 3.26. The van der Waals surface area contributed by atoms with Crippen LogP contribution in [-0.2, 0) is 0 Å². The molecular formula is C18H19F2N5O. The van der Waals surface area contributed by atoms with Gasteiger partial charge in [0.2, 0.25) is 0 Å². The van der Waals surface area contributed by atoms with Gasteiger partial charge in [-0.05, 0) is 24.3 Å². The van der Waals surface area contributed by atoms with Gasteiger partial charge in [0.05, 0.1) is 12.1 Å². The second-order valence-corrected chi connectivity index (χ2v) is 6.30. The van der Waals surface area contributed by atoms with Crippen molar-refractivity contribution >= 4 is 16.9 Å². The molecule has 6 nitrogen and oxygen atoms in total. The molecule has 0 aliphatic carbocycles. The van der Waals surface area contributed by atoms with Crippen molar-refractivity contribution in [3.05, 3.63) is 42.1 Å². The highest BCUT2D eigenvalue weighted by Crippen LogP contribution is 2.27. The number of aliphatic hydroxyl groups excluding tert-OH is 1. The summed E-state index contributed by atoms with van der Waals surface area (Å²) in [5.41, 5.74) is 1.99. The Morgan fingerprint density at radius 1 is 1.08 bits per heavy atom. The number of aromatic nitrogens is 3. The minimum Gasteiger partial charge on any atom is -0.395 e. The monoisotopic (exact) mass is 359 g/mol. The maximum Gasteiger partial charge on any atom is 0.159 e. The molecule has 0 saturated carbocycles. The van der Waals surface area contributed by atoms with Crippen molar-refractivity contribution < 1.29 is 13.9 Å². The van der Waals surface area contributed by atoms with E-state index in [2.05, 4.69) is 24.8 Å². The first kappa shape index (κ1) is 16.9. The van der Waals surface area contributed by atoms with Gasteiger partial charge in [-0.1, -0.05) is 0 Å². The Labute approximate surface area is 149 Å². The number of anilines is 1. The summed E-state index contributed by atoms with van der Waals surface area (Å²) in [6.07, 6.45) is 1.71. The van der Waals surface area contributed by atoms with Gasteiger partial charge in [0, 0.05) is 44.5 Å². The first-order valence-electron chi connectivity index (χ1n) is 8.54. The summed E-state index contributed by atoms with van der Waals surface area (Å²) in [7, 11) is 0. The maximum atomic E-state index is 13.5. The van der Waals surface area contributed by atoms with Crippen LogP contribution in [0.2, 0.25) is 0 Å². The van der Waals surface area contributed by atoms with Crippen LogP contribution in [0.1, 0.15) is 0 Å². The molecule has 1 aromatic carbocycles. The molecule has 1 saturated heterocycles. The third-order valence-electron chi connectivity index (χ3n) is 4.66. The van der Waals surface area contributed by atoms with Crippen LogP contribution in [0.5, 0.6) is 0 Å². The van der Waals surface area contributed by atoms with Crippen molar-refractivity contribution in [2.24, 2.45) is 0 Å². The van der Waals surface area contributed by atoms with Crippen LogP contribution in [-0.4, -0.2) is 64.3 Å². The Morgan fingerprint density at radius 2 is 1.88 bits per heavy atom. The first-order valence-corrected chi connectivity index (χ1v) is 8.54. The molecule has 1 aliphatic heterocycles. The fraction of sp³-hybridized carbons (Fsp3) is 0.333. The van der Waals surface area contributed by atoms with Gasteiger partial charge in [-0.3, -0.25) is 4.90 Å². The number of β-amino-alcohol motifs (C(OH)–C–C–N with tert-alkyl or cyclic N) is 1. The third-order valence-corrected chi connectivity index (χ3v) is 4.66. The van der Waals surface area contributed by atoms with E-state index >= 15 is 0 Å². The lowest BCUT2D eigenvalue weighted by atomic mass is 10.2. The predicted molar refractivity (Wildman–Crippen MR) is 95.0 cm³/mol. The van der Waals surface area contributed by atoms with Gasteiger partial charge >= 0.3 is 0 Å². The highest BCUT2D eigenvalue weighted by Gasteiger charge is 2.21. The van der Waals surface area contributed by atoms with Gasteiger partial charge in [0.25, 0.3) is 0 Å². The normalized spacial score (nSPS) is 15.7. The molecule has 1 aliphatic rings. The average Bonchev–Trinajstić information content (AvgIpc) is 3.09. The van der Waals surface area contributed by atoms with Crippen molar-refractivity contribution in [2.45, 2.75) is 0 Å². The standard InChI is InChI=1S/C18H19F2N5O/c19-13-2-1-12(11-14(13)20)17-22-15-3-4-21-18(16(15)23-17)25-7-5-24(6-8-25)9-10-26/h1-4,11,26H,5-10H2,(H,22,23). The number of nitrogens with zero attached hydrogens (tertiary/aromatic N) is 4. The summed E-state index contributed by atoms with van der Waals surface area (Å²) in [6, 6.07) is 5.54. The fourth-order valence-corrected chi connectivity index (χ4v) is 3.26.